The molecule has 0 saturated carbocycles. The van der Waals surface area contributed by atoms with Crippen molar-refractivity contribution in [2.24, 2.45) is 0 Å². The van der Waals surface area contributed by atoms with Crippen LogP contribution in [0.15, 0.2) is 41.1 Å². The van der Waals surface area contributed by atoms with Crippen LogP contribution in [-0.4, -0.2) is 4.98 Å². The predicted molar refractivity (Wildman–Crippen MR) is 62.6 cm³/mol. The van der Waals surface area contributed by atoms with Gasteiger partial charge in [-0.15, -0.1) is 0 Å². The summed E-state index contributed by atoms with van der Waals surface area (Å²) < 4.78 is 31.9. The zero-order valence-electron chi connectivity index (χ0n) is 8.66. The van der Waals surface area contributed by atoms with Gasteiger partial charge in [-0.05, 0) is 34.1 Å². The highest BCUT2D eigenvalue weighted by Gasteiger charge is 2.05. The third-order valence-electron chi connectivity index (χ3n) is 2.05. The monoisotopic (exact) mass is 299 g/mol. The van der Waals surface area contributed by atoms with Crippen LogP contribution in [0, 0.1) is 11.6 Å². The van der Waals surface area contributed by atoms with Crippen molar-refractivity contribution in [3.63, 3.8) is 0 Å². The van der Waals surface area contributed by atoms with E-state index < -0.39 is 11.6 Å². The summed E-state index contributed by atoms with van der Waals surface area (Å²) >= 11 is 3.27. The molecule has 88 valence electrons. The molecule has 17 heavy (non-hydrogen) atoms. The SMILES string of the molecule is Fc1ccc(OCc2cncc(Br)c2)c(F)c1. The van der Waals surface area contributed by atoms with E-state index in [4.69, 9.17) is 4.74 Å². The molecule has 1 aromatic carbocycles. The minimum Gasteiger partial charge on any atom is -0.486 e. The molecule has 0 N–H and O–H groups in total. The number of halogens is 3. The first kappa shape index (κ1) is 12.0. The lowest BCUT2D eigenvalue weighted by Gasteiger charge is -2.07. The average molecular weight is 300 g/mol. The number of rotatable bonds is 3. The molecule has 1 aromatic heterocycles. The summed E-state index contributed by atoms with van der Waals surface area (Å²) in [5.74, 6) is -1.32. The van der Waals surface area contributed by atoms with Crippen molar-refractivity contribution in [2.45, 2.75) is 6.61 Å². The first-order valence-corrected chi connectivity index (χ1v) is 5.62. The fourth-order valence-electron chi connectivity index (χ4n) is 1.29. The molecule has 0 aliphatic rings. The Morgan fingerprint density at radius 3 is 2.71 bits per heavy atom. The van der Waals surface area contributed by atoms with Crippen molar-refractivity contribution in [3.8, 4) is 5.75 Å². The highest BCUT2D eigenvalue weighted by Crippen LogP contribution is 2.19. The van der Waals surface area contributed by atoms with E-state index in [0.717, 1.165) is 22.2 Å². The average Bonchev–Trinajstić information content (AvgIpc) is 2.28. The van der Waals surface area contributed by atoms with E-state index in [-0.39, 0.29) is 12.4 Å². The Hall–Kier alpha value is -1.49. The Bertz CT molecular complexity index is 534. The van der Waals surface area contributed by atoms with Crippen LogP contribution in [0.1, 0.15) is 5.56 Å². The van der Waals surface area contributed by atoms with E-state index in [1.807, 2.05) is 6.07 Å². The van der Waals surface area contributed by atoms with E-state index in [9.17, 15) is 8.78 Å². The topological polar surface area (TPSA) is 22.1 Å². The van der Waals surface area contributed by atoms with Gasteiger partial charge in [-0.1, -0.05) is 0 Å². The third-order valence-corrected chi connectivity index (χ3v) is 2.48. The van der Waals surface area contributed by atoms with E-state index >= 15 is 0 Å². The van der Waals surface area contributed by atoms with Crippen LogP contribution in [0.2, 0.25) is 0 Å². The van der Waals surface area contributed by atoms with Crippen molar-refractivity contribution in [1.29, 1.82) is 0 Å². The fraction of sp³-hybridized carbons (Fsp3) is 0.0833. The number of pyridine rings is 1. The summed E-state index contributed by atoms with van der Waals surface area (Å²) in [6.07, 6.45) is 3.26. The van der Waals surface area contributed by atoms with Crippen LogP contribution in [0.25, 0.3) is 0 Å². The second-order valence-corrected chi connectivity index (χ2v) is 4.29. The van der Waals surface area contributed by atoms with Gasteiger partial charge in [0.05, 0.1) is 0 Å². The molecule has 0 aliphatic carbocycles. The molecule has 2 nitrogen and oxygen atoms in total. The molecule has 0 atom stereocenters. The second-order valence-electron chi connectivity index (χ2n) is 3.37. The molecule has 0 amide bonds. The van der Waals surface area contributed by atoms with Gasteiger partial charge >= 0.3 is 0 Å². The van der Waals surface area contributed by atoms with Crippen LogP contribution in [0.3, 0.4) is 0 Å². The molecule has 0 radical (unpaired) electrons. The van der Waals surface area contributed by atoms with Crippen molar-refractivity contribution in [2.75, 3.05) is 0 Å². The minimum absolute atomic E-state index is 0.0198. The summed E-state index contributed by atoms with van der Waals surface area (Å²) in [5, 5.41) is 0. The van der Waals surface area contributed by atoms with Crippen molar-refractivity contribution >= 4 is 15.9 Å². The van der Waals surface area contributed by atoms with Crippen LogP contribution < -0.4 is 4.74 Å². The molecule has 0 bridgehead atoms. The maximum absolute atomic E-state index is 13.2. The van der Waals surface area contributed by atoms with Crippen LogP contribution in [0.5, 0.6) is 5.75 Å². The Kier molecular flexibility index (Phi) is 3.68. The molecule has 1 heterocycles. The standard InChI is InChI=1S/C12H8BrF2NO/c13-9-3-8(5-16-6-9)7-17-12-2-1-10(14)4-11(12)15/h1-6H,7H2. The van der Waals surface area contributed by atoms with Gasteiger partial charge in [-0.25, -0.2) is 8.78 Å². The lowest BCUT2D eigenvalue weighted by molar-refractivity contribution is 0.289. The summed E-state index contributed by atoms with van der Waals surface area (Å²) in [6.45, 7) is 0.176. The summed E-state index contributed by atoms with van der Waals surface area (Å²) in [6, 6.07) is 5.01. The second kappa shape index (κ2) is 5.23. The molecule has 0 unspecified atom stereocenters. The van der Waals surface area contributed by atoms with Gasteiger partial charge in [0, 0.05) is 28.5 Å². The number of nitrogens with zero attached hydrogens (tertiary/aromatic N) is 1. The van der Waals surface area contributed by atoms with Gasteiger partial charge in [-0.2, -0.15) is 0 Å². The van der Waals surface area contributed by atoms with Crippen LogP contribution in [-0.2, 0) is 6.61 Å². The molecule has 0 aliphatic heterocycles. The highest BCUT2D eigenvalue weighted by molar-refractivity contribution is 9.10. The van der Waals surface area contributed by atoms with Gasteiger partial charge < -0.3 is 4.74 Å². The number of ether oxygens (including phenoxy) is 1. The Morgan fingerprint density at radius 1 is 1.18 bits per heavy atom. The molecule has 2 aromatic rings. The number of aromatic nitrogens is 1. The molecule has 0 saturated heterocycles. The maximum atomic E-state index is 13.2. The van der Waals surface area contributed by atoms with Crippen LogP contribution >= 0.6 is 15.9 Å². The van der Waals surface area contributed by atoms with E-state index in [1.54, 1.807) is 12.4 Å². The zero-order valence-corrected chi connectivity index (χ0v) is 10.2. The van der Waals surface area contributed by atoms with E-state index in [2.05, 4.69) is 20.9 Å². The van der Waals surface area contributed by atoms with E-state index in [1.165, 1.54) is 6.07 Å². The third kappa shape index (κ3) is 3.23. The van der Waals surface area contributed by atoms with Gasteiger partial charge in [0.15, 0.2) is 11.6 Å². The number of hydrogen-bond donors (Lipinski definition) is 0. The van der Waals surface area contributed by atoms with Crippen molar-refractivity contribution in [3.05, 3.63) is 58.3 Å². The largest absolute Gasteiger partial charge is 0.486 e. The Balaban J connectivity index is 2.07. The number of hydrogen-bond acceptors (Lipinski definition) is 2. The zero-order chi connectivity index (χ0) is 12.3. The van der Waals surface area contributed by atoms with Gasteiger partial charge in [0.1, 0.15) is 12.4 Å². The molecule has 5 heteroatoms. The van der Waals surface area contributed by atoms with Crippen molar-refractivity contribution < 1.29 is 13.5 Å². The van der Waals surface area contributed by atoms with E-state index in [0.29, 0.717) is 0 Å². The lowest BCUT2D eigenvalue weighted by atomic mass is 10.3. The Labute approximate surface area is 105 Å². The first-order chi connectivity index (χ1) is 8.15. The van der Waals surface area contributed by atoms with Gasteiger partial charge in [0.2, 0.25) is 0 Å². The smallest absolute Gasteiger partial charge is 0.167 e. The quantitative estimate of drug-likeness (QED) is 0.862. The highest BCUT2D eigenvalue weighted by atomic mass is 79.9. The van der Waals surface area contributed by atoms with Crippen LogP contribution in [0.4, 0.5) is 8.78 Å². The summed E-state index contributed by atoms with van der Waals surface area (Å²) in [4.78, 5) is 3.95. The predicted octanol–water partition coefficient (Wildman–Crippen LogP) is 3.70. The summed E-state index contributed by atoms with van der Waals surface area (Å²) in [7, 11) is 0. The minimum atomic E-state index is -0.715. The van der Waals surface area contributed by atoms with Gasteiger partial charge in [0.25, 0.3) is 0 Å². The molecule has 2 rings (SSSR count). The van der Waals surface area contributed by atoms with Gasteiger partial charge in [-0.3, -0.25) is 4.98 Å². The normalized spacial score (nSPS) is 10.3. The first-order valence-electron chi connectivity index (χ1n) is 4.82. The molecular formula is C12H8BrF2NO. The molecule has 0 spiro atoms. The lowest BCUT2D eigenvalue weighted by Crippen LogP contribution is -1.98. The molecule has 0 fully saturated rings. The fourth-order valence-corrected chi connectivity index (χ4v) is 1.70. The Morgan fingerprint density at radius 2 is 2.00 bits per heavy atom. The van der Waals surface area contributed by atoms with Crippen molar-refractivity contribution in [1.82, 2.24) is 4.98 Å². The maximum Gasteiger partial charge on any atom is 0.167 e. The molecular weight excluding hydrogens is 292 g/mol. The summed E-state index contributed by atoms with van der Waals surface area (Å²) in [5.41, 5.74) is 0.795. The number of benzene rings is 1.